The van der Waals surface area contributed by atoms with E-state index in [2.05, 4.69) is 5.32 Å². The predicted octanol–water partition coefficient (Wildman–Crippen LogP) is 5.06. The Morgan fingerprint density at radius 3 is 2.44 bits per heavy atom. The number of rotatable bonds is 9. The molecule has 1 amide bonds. The lowest BCUT2D eigenvalue weighted by Gasteiger charge is -2.19. The number of fused-ring (bicyclic) bond motifs is 1. The van der Waals surface area contributed by atoms with Gasteiger partial charge >= 0.3 is 5.97 Å². The van der Waals surface area contributed by atoms with Gasteiger partial charge in [0.25, 0.3) is 0 Å². The molecule has 0 aliphatic heterocycles. The Bertz CT molecular complexity index is 1360. The summed E-state index contributed by atoms with van der Waals surface area (Å²) in [7, 11) is 0. The van der Waals surface area contributed by atoms with E-state index in [-0.39, 0.29) is 24.7 Å². The normalized spacial score (nSPS) is 11.9. The van der Waals surface area contributed by atoms with Gasteiger partial charge in [-0.05, 0) is 45.2 Å². The van der Waals surface area contributed by atoms with Crippen LogP contribution in [0.25, 0.3) is 16.9 Å². The van der Waals surface area contributed by atoms with Crippen molar-refractivity contribution in [3.8, 4) is 11.3 Å². The molecular formula is C29H32N4O3. The van der Waals surface area contributed by atoms with Gasteiger partial charge in [0.15, 0.2) is 5.65 Å². The summed E-state index contributed by atoms with van der Waals surface area (Å²) in [5, 5.41) is 7.79. The highest BCUT2D eigenvalue weighted by Crippen LogP contribution is 2.23. The zero-order chi connectivity index (χ0) is 25.7. The van der Waals surface area contributed by atoms with Crippen molar-refractivity contribution in [2.45, 2.75) is 53.0 Å². The lowest BCUT2D eigenvalue weighted by atomic mass is 10.0. The summed E-state index contributed by atoms with van der Waals surface area (Å²) in [6, 6.07) is 19.4. The van der Waals surface area contributed by atoms with E-state index >= 15 is 0 Å². The first-order valence-electron chi connectivity index (χ1n) is 12.3. The maximum atomic E-state index is 13.0. The average Bonchev–Trinajstić information content (AvgIpc) is 3.29. The number of esters is 1. The summed E-state index contributed by atoms with van der Waals surface area (Å²) in [4.78, 5) is 29.9. The minimum absolute atomic E-state index is 0.0871. The van der Waals surface area contributed by atoms with Crippen molar-refractivity contribution in [1.29, 1.82) is 0 Å². The second-order valence-electron chi connectivity index (χ2n) is 8.97. The maximum absolute atomic E-state index is 13.0. The highest BCUT2D eigenvalue weighted by molar-refractivity contribution is 5.78. The van der Waals surface area contributed by atoms with Crippen molar-refractivity contribution < 1.29 is 14.3 Å². The smallest absolute Gasteiger partial charge is 0.308 e. The fourth-order valence-electron chi connectivity index (χ4n) is 4.38. The van der Waals surface area contributed by atoms with Crippen LogP contribution in [0.3, 0.4) is 0 Å². The molecule has 4 rings (SSSR count). The van der Waals surface area contributed by atoms with E-state index in [1.807, 2.05) is 86.0 Å². The highest BCUT2D eigenvalue weighted by Gasteiger charge is 2.20. The zero-order valence-electron chi connectivity index (χ0n) is 21.2. The number of nitrogens with zero attached hydrogens (tertiary/aromatic N) is 3. The molecule has 7 nitrogen and oxygen atoms in total. The van der Waals surface area contributed by atoms with Gasteiger partial charge in [0.1, 0.15) is 0 Å². The van der Waals surface area contributed by atoms with Gasteiger partial charge in [-0.25, -0.2) is 9.50 Å². The largest absolute Gasteiger partial charge is 0.466 e. The van der Waals surface area contributed by atoms with Crippen molar-refractivity contribution in [2.75, 3.05) is 6.61 Å². The number of carbonyl (C=O) groups is 2. The van der Waals surface area contributed by atoms with Gasteiger partial charge in [0.2, 0.25) is 5.91 Å². The van der Waals surface area contributed by atoms with E-state index in [0.717, 1.165) is 45.0 Å². The minimum atomic E-state index is -0.445. The molecule has 0 fully saturated rings. The van der Waals surface area contributed by atoms with Crippen molar-refractivity contribution in [1.82, 2.24) is 19.9 Å². The standard InChI is InChI=1S/C29H32N4O3/c1-5-36-29(35)18-25(23-13-11-19(2)12-14-23)31-28(34)16-15-24-20(3)30-27-17-26(32-33(27)21(24)4)22-9-7-6-8-10-22/h6-14,17,25H,5,15-16,18H2,1-4H3,(H,31,34)/t25-/m0/s1. The van der Waals surface area contributed by atoms with E-state index < -0.39 is 6.04 Å². The quantitative estimate of drug-likeness (QED) is 0.336. The molecule has 2 heterocycles. The Hall–Kier alpha value is -4.00. The summed E-state index contributed by atoms with van der Waals surface area (Å²) < 4.78 is 6.97. The van der Waals surface area contributed by atoms with Crippen LogP contribution < -0.4 is 5.32 Å². The van der Waals surface area contributed by atoms with E-state index in [0.29, 0.717) is 13.0 Å². The fraction of sp³-hybridized carbons (Fsp3) is 0.310. The van der Waals surface area contributed by atoms with Crippen LogP contribution in [0.1, 0.15) is 53.9 Å². The Kier molecular flexibility index (Phi) is 7.78. The van der Waals surface area contributed by atoms with Crippen LogP contribution in [0.15, 0.2) is 60.7 Å². The molecule has 0 aliphatic rings. The molecule has 0 saturated carbocycles. The van der Waals surface area contributed by atoms with Crippen LogP contribution in [0.5, 0.6) is 0 Å². The van der Waals surface area contributed by atoms with Gasteiger partial charge in [-0.1, -0.05) is 60.2 Å². The lowest BCUT2D eigenvalue weighted by Crippen LogP contribution is -2.31. The van der Waals surface area contributed by atoms with Crippen molar-refractivity contribution in [3.63, 3.8) is 0 Å². The molecule has 2 aromatic heterocycles. The Labute approximate surface area is 211 Å². The van der Waals surface area contributed by atoms with Crippen LogP contribution in [0, 0.1) is 20.8 Å². The van der Waals surface area contributed by atoms with Gasteiger partial charge in [-0.15, -0.1) is 0 Å². The molecule has 1 atom stereocenters. The first kappa shape index (κ1) is 25.1. The molecule has 4 aromatic rings. The Morgan fingerprint density at radius 1 is 1.03 bits per heavy atom. The molecule has 0 unspecified atom stereocenters. The second-order valence-corrected chi connectivity index (χ2v) is 8.97. The molecule has 36 heavy (non-hydrogen) atoms. The average molecular weight is 485 g/mol. The molecule has 7 heteroatoms. The maximum Gasteiger partial charge on any atom is 0.308 e. The predicted molar refractivity (Wildman–Crippen MR) is 140 cm³/mol. The molecule has 186 valence electrons. The second kappa shape index (κ2) is 11.2. The molecule has 0 spiro atoms. The fourth-order valence-corrected chi connectivity index (χ4v) is 4.38. The number of aromatic nitrogens is 3. The number of amides is 1. The number of ether oxygens (including phenoxy) is 1. The number of nitrogens with one attached hydrogen (secondary N) is 1. The molecule has 0 bridgehead atoms. The number of hydrogen-bond donors (Lipinski definition) is 1. The third kappa shape index (κ3) is 5.79. The van der Waals surface area contributed by atoms with E-state index in [1.165, 1.54) is 0 Å². The molecule has 0 aliphatic carbocycles. The summed E-state index contributed by atoms with van der Waals surface area (Å²) in [6.07, 6.45) is 0.879. The molecule has 2 aromatic carbocycles. The number of hydrogen-bond acceptors (Lipinski definition) is 5. The van der Waals surface area contributed by atoms with Crippen LogP contribution in [-0.4, -0.2) is 33.1 Å². The monoisotopic (exact) mass is 484 g/mol. The van der Waals surface area contributed by atoms with E-state index in [9.17, 15) is 9.59 Å². The summed E-state index contributed by atoms with van der Waals surface area (Å²) >= 11 is 0. The summed E-state index contributed by atoms with van der Waals surface area (Å²) in [5.41, 5.74) is 7.52. The van der Waals surface area contributed by atoms with Gasteiger partial charge in [-0.3, -0.25) is 9.59 Å². The minimum Gasteiger partial charge on any atom is -0.466 e. The van der Waals surface area contributed by atoms with Crippen molar-refractivity contribution >= 4 is 17.5 Å². The Balaban J connectivity index is 1.50. The van der Waals surface area contributed by atoms with Crippen LogP contribution in [0.2, 0.25) is 0 Å². The Morgan fingerprint density at radius 2 is 1.75 bits per heavy atom. The first-order chi connectivity index (χ1) is 17.4. The molecule has 1 N–H and O–H groups in total. The van der Waals surface area contributed by atoms with E-state index in [4.69, 9.17) is 14.8 Å². The van der Waals surface area contributed by atoms with Crippen LogP contribution in [-0.2, 0) is 20.7 Å². The van der Waals surface area contributed by atoms with Crippen LogP contribution in [0.4, 0.5) is 0 Å². The molecule has 0 radical (unpaired) electrons. The van der Waals surface area contributed by atoms with Gasteiger partial charge < -0.3 is 10.1 Å². The van der Waals surface area contributed by atoms with Gasteiger partial charge in [-0.2, -0.15) is 5.10 Å². The van der Waals surface area contributed by atoms with Crippen molar-refractivity contribution in [3.05, 3.63) is 88.7 Å². The van der Waals surface area contributed by atoms with Gasteiger partial charge in [0, 0.05) is 29.4 Å². The highest BCUT2D eigenvalue weighted by atomic mass is 16.5. The first-order valence-corrected chi connectivity index (χ1v) is 12.3. The third-order valence-corrected chi connectivity index (χ3v) is 6.33. The number of aryl methyl sites for hydroxylation is 3. The van der Waals surface area contributed by atoms with E-state index in [1.54, 1.807) is 6.92 Å². The molecular weight excluding hydrogens is 452 g/mol. The number of benzene rings is 2. The topological polar surface area (TPSA) is 85.6 Å². The van der Waals surface area contributed by atoms with Crippen molar-refractivity contribution in [2.24, 2.45) is 0 Å². The lowest BCUT2D eigenvalue weighted by molar-refractivity contribution is -0.143. The molecule has 0 saturated heterocycles. The SMILES string of the molecule is CCOC(=O)C[C@H](NC(=O)CCc1c(C)nc2cc(-c3ccccc3)nn2c1C)c1ccc(C)cc1. The van der Waals surface area contributed by atoms with Gasteiger partial charge in [0.05, 0.1) is 24.8 Å². The van der Waals surface area contributed by atoms with Crippen LogP contribution >= 0.6 is 0 Å². The number of carbonyl (C=O) groups excluding carboxylic acids is 2. The third-order valence-electron chi connectivity index (χ3n) is 6.33. The summed E-state index contributed by atoms with van der Waals surface area (Å²) in [5.74, 6) is -0.466. The summed E-state index contributed by atoms with van der Waals surface area (Å²) in [6.45, 7) is 8.05. The zero-order valence-corrected chi connectivity index (χ0v) is 21.2.